The molecule has 21 heavy (non-hydrogen) atoms. The second-order valence-electron chi connectivity index (χ2n) is 5.89. The molecule has 3 nitrogen and oxygen atoms in total. The van der Waals surface area contributed by atoms with Crippen LogP contribution in [0, 0.1) is 5.92 Å². The van der Waals surface area contributed by atoms with E-state index in [1.807, 2.05) is 13.1 Å². The van der Waals surface area contributed by atoms with E-state index in [9.17, 15) is 4.79 Å². The van der Waals surface area contributed by atoms with E-state index >= 15 is 0 Å². The summed E-state index contributed by atoms with van der Waals surface area (Å²) in [4.78, 5) is 12.0. The molecule has 0 fully saturated rings. The summed E-state index contributed by atoms with van der Waals surface area (Å²) in [6, 6.07) is 6.15. The monoisotopic (exact) mass is 308 g/mol. The van der Waals surface area contributed by atoms with Gasteiger partial charge in [0, 0.05) is 14.1 Å². The largest absolute Gasteiger partial charge is 0.328 e. The van der Waals surface area contributed by atoms with Gasteiger partial charge in [0.25, 0.3) is 0 Å². The van der Waals surface area contributed by atoms with E-state index in [0.29, 0.717) is 5.92 Å². The highest BCUT2D eigenvalue weighted by Crippen LogP contribution is 2.36. The van der Waals surface area contributed by atoms with Crippen LogP contribution in [0.3, 0.4) is 0 Å². The molecular formula is C17H25ClN2O. The fourth-order valence-electron chi connectivity index (χ4n) is 3.15. The maximum Gasteiger partial charge on any atom is 0.328 e. The van der Waals surface area contributed by atoms with Crippen molar-refractivity contribution in [2.24, 2.45) is 20.0 Å². The standard InChI is InChI=1S/C17H25ClN2O/c1-5-7-12(8-6-2)16(18)13-9-10-14-15(11-13)20(4)17(21)19(14)3/h9-12,16H,5-8H2,1-4H3. The summed E-state index contributed by atoms with van der Waals surface area (Å²) in [5, 5.41) is 0.0182. The lowest BCUT2D eigenvalue weighted by molar-refractivity contribution is 0.426. The number of imidazole rings is 1. The lowest BCUT2D eigenvalue weighted by Gasteiger charge is -2.22. The van der Waals surface area contributed by atoms with Gasteiger partial charge in [-0.25, -0.2) is 4.79 Å². The van der Waals surface area contributed by atoms with E-state index in [1.165, 1.54) is 0 Å². The van der Waals surface area contributed by atoms with Crippen LogP contribution in [0.15, 0.2) is 23.0 Å². The zero-order chi connectivity index (χ0) is 15.6. The molecule has 0 N–H and O–H groups in total. The van der Waals surface area contributed by atoms with Gasteiger partial charge in [-0.15, -0.1) is 11.6 Å². The molecule has 0 amide bonds. The average Bonchev–Trinajstić information content (AvgIpc) is 2.71. The maximum atomic E-state index is 12.0. The van der Waals surface area contributed by atoms with Gasteiger partial charge in [-0.2, -0.15) is 0 Å². The molecule has 1 heterocycles. The third kappa shape index (κ3) is 3.03. The zero-order valence-electron chi connectivity index (χ0n) is 13.4. The van der Waals surface area contributed by atoms with E-state index in [1.54, 1.807) is 16.2 Å². The molecular weight excluding hydrogens is 284 g/mol. The number of rotatable bonds is 6. The SMILES string of the molecule is CCCC(CCC)C(Cl)c1ccc2c(c1)n(C)c(=O)n2C. The first-order valence-electron chi connectivity index (χ1n) is 7.80. The van der Waals surface area contributed by atoms with Crippen molar-refractivity contribution in [2.45, 2.75) is 44.9 Å². The summed E-state index contributed by atoms with van der Waals surface area (Å²) >= 11 is 6.73. The summed E-state index contributed by atoms with van der Waals surface area (Å²) in [5.41, 5.74) is 3.04. The number of fused-ring (bicyclic) bond motifs is 1. The molecule has 0 bridgehead atoms. The average molecular weight is 309 g/mol. The molecule has 0 aliphatic carbocycles. The van der Waals surface area contributed by atoms with Gasteiger partial charge in [0.05, 0.1) is 16.4 Å². The lowest BCUT2D eigenvalue weighted by atomic mass is 9.90. The highest BCUT2D eigenvalue weighted by Gasteiger charge is 2.20. The van der Waals surface area contributed by atoms with Crippen molar-refractivity contribution >= 4 is 22.6 Å². The predicted molar refractivity (Wildman–Crippen MR) is 90.1 cm³/mol. The Bertz CT molecular complexity index is 665. The minimum Gasteiger partial charge on any atom is -0.295 e. The van der Waals surface area contributed by atoms with Crippen molar-refractivity contribution < 1.29 is 0 Å². The Kier molecular flexibility index (Phi) is 5.15. The van der Waals surface area contributed by atoms with Crippen LogP contribution in [-0.4, -0.2) is 9.13 Å². The van der Waals surface area contributed by atoms with Crippen LogP contribution in [0.25, 0.3) is 11.0 Å². The summed E-state index contributed by atoms with van der Waals surface area (Å²) in [7, 11) is 3.62. The van der Waals surface area contributed by atoms with E-state index in [2.05, 4.69) is 26.0 Å². The minimum absolute atomic E-state index is 0.00642. The van der Waals surface area contributed by atoms with Gasteiger partial charge in [-0.3, -0.25) is 9.13 Å². The molecule has 0 aliphatic rings. The molecule has 2 rings (SSSR count). The molecule has 4 heteroatoms. The summed E-state index contributed by atoms with van der Waals surface area (Å²) in [6.07, 6.45) is 4.60. The molecule has 1 aromatic heterocycles. The molecule has 0 saturated heterocycles. The third-order valence-corrected chi connectivity index (χ3v) is 4.96. The van der Waals surface area contributed by atoms with Crippen LogP contribution in [0.4, 0.5) is 0 Å². The fourth-order valence-corrected chi connectivity index (χ4v) is 3.53. The molecule has 1 atom stereocenters. The van der Waals surface area contributed by atoms with Gasteiger partial charge >= 0.3 is 5.69 Å². The lowest BCUT2D eigenvalue weighted by Crippen LogP contribution is -2.19. The highest BCUT2D eigenvalue weighted by molar-refractivity contribution is 6.21. The molecule has 116 valence electrons. The fraction of sp³-hybridized carbons (Fsp3) is 0.588. The summed E-state index contributed by atoms with van der Waals surface area (Å²) < 4.78 is 3.37. The van der Waals surface area contributed by atoms with Crippen molar-refractivity contribution in [2.75, 3.05) is 0 Å². The van der Waals surface area contributed by atoms with Crippen LogP contribution < -0.4 is 5.69 Å². The van der Waals surface area contributed by atoms with Crippen molar-refractivity contribution in [3.63, 3.8) is 0 Å². The zero-order valence-corrected chi connectivity index (χ0v) is 14.2. The number of hydrogen-bond donors (Lipinski definition) is 0. The Morgan fingerprint density at radius 2 is 1.62 bits per heavy atom. The van der Waals surface area contributed by atoms with E-state index < -0.39 is 0 Å². The topological polar surface area (TPSA) is 26.9 Å². The first kappa shape index (κ1) is 16.2. The predicted octanol–water partition coefficient (Wildman–Crippen LogP) is 4.37. The Labute approximate surface area is 131 Å². The number of aromatic nitrogens is 2. The minimum atomic E-state index is 0.00642. The Hall–Kier alpha value is -1.22. The van der Waals surface area contributed by atoms with Crippen molar-refractivity contribution in [3.8, 4) is 0 Å². The van der Waals surface area contributed by atoms with Crippen LogP contribution in [0.1, 0.15) is 50.5 Å². The van der Waals surface area contributed by atoms with Gasteiger partial charge in [-0.1, -0.05) is 32.8 Å². The Morgan fingerprint density at radius 1 is 1.05 bits per heavy atom. The molecule has 1 aromatic carbocycles. The molecule has 0 saturated carbocycles. The number of benzene rings is 1. The van der Waals surface area contributed by atoms with Crippen molar-refractivity contribution in [1.29, 1.82) is 0 Å². The summed E-state index contributed by atoms with van der Waals surface area (Å²) in [6.45, 7) is 4.41. The third-order valence-electron chi connectivity index (χ3n) is 4.35. The first-order chi connectivity index (χ1) is 10.0. The number of aryl methyl sites for hydroxylation is 2. The van der Waals surface area contributed by atoms with Crippen LogP contribution in [0.5, 0.6) is 0 Å². The van der Waals surface area contributed by atoms with Crippen LogP contribution in [0.2, 0.25) is 0 Å². The number of hydrogen-bond acceptors (Lipinski definition) is 1. The van der Waals surface area contributed by atoms with Gasteiger partial charge in [-0.05, 0) is 36.5 Å². The van der Waals surface area contributed by atoms with E-state index in [4.69, 9.17) is 11.6 Å². The Morgan fingerprint density at radius 3 is 2.19 bits per heavy atom. The Balaban J connectivity index is 2.42. The normalized spacial score (nSPS) is 13.2. The smallest absolute Gasteiger partial charge is 0.295 e. The second kappa shape index (κ2) is 6.69. The number of nitrogens with zero attached hydrogens (tertiary/aromatic N) is 2. The van der Waals surface area contributed by atoms with Gasteiger partial charge in [0.2, 0.25) is 0 Å². The molecule has 2 aromatic rings. The molecule has 0 spiro atoms. The van der Waals surface area contributed by atoms with Crippen LogP contribution in [-0.2, 0) is 14.1 Å². The van der Waals surface area contributed by atoms with Gasteiger partial charge in [0.15, 0.2) is 0 Å². The number of alkyl halides is 1. The van der Waals surface area contributed by atoms with Crippen molar-refractivity contribution in [1.82, 2.24) is 9.13 Å². The first-order valence-corrected chi connectivity index (χ1v) is 8.24. The quantitative estimate of drug-likeness (QED) is 0.728. The molecule has 0 aliphatic heterocycles. The van der Waals surface area contributed by atoms with Crippen molar-refractivity contribution in [3.05, 3.63) is 34.2 Å². The van der Waals surface area contributed by atoms with Gasteiger partial charge in [0.1, 0.15) is 0 Å². The van der Waals surface area contributed by atoms with Crippen LogP contribution >= 0.6 is 11.6 Å². The summed E-state index contributed by atoms with van der Waals surface area (Å²) in [5.74, 6) is 0.500. The molecule has 1 unspecified atom stereocenters. The maximum absolute atomic E-state index is 12.0. The number of halogens is 1. The van der Waals surface area contributed by atoms with E-state index in [0.717, 1.165) is 42.3 Å². The highest BCUT2D eigenvalue weighted by atomic mass is 35.5. The molecule has 0 radical (unpaired) electrons. The second-order valence-corrected chi connectivity index (χ2v) is 6.36. The van der Waals surface area contributed by atoms with Gasteiger partial charge < -0.3 is 0 Å². The van der Waals surface area contributed by atoms with E-state index in [-0.39, 0.29) is 11.1 Å².